The average Bonchev–Trinajstić information content (AvgIpc) is 2.71. The van der Waals surface area contributed by atoms with E-state index in [0.717, 1.165) is 5.56 Å². The van der Waals surface area contributed by atoms with Gasteiger partial charge in [-0.3, -0.25) is 9.69 Å². The molecule has 0 spiro atoms. The maximum atomic E-state index is 12.6. The van der Waals surface area contributed by atoms with Crippen LogP contribution in [0, 0.1) is 11.3 Å². The third-order valence-electron chi connectivity index (χ3n) is 4.57. The molecule has 2 rings (SSSR count). The Bertz CT molecular complexity index is 862. The monoisotopic (exact) mass is 401 g/mol. The van der Waals surface area contributed by atoms with Gasteiger partial charge >= 0.3 is 0 Å². The molecule has 28 heavy (non-hydrogen) atoms. The predicted molar refractivity (Wildman–Crippen MR) is 110 cm³/mol. The predicted octanol–water partition coefficient (Wildman–Crippen LogP) is 4.25. The van der Waals surface area contributed by atoms with Gasteiger partial charge in [0.25, 0.3) is 0 Å². The number of carbonyl (C=O) groups is 1. The third-order valence-corrected chi connectivity index (χ3v) is 4.87. The van der Waals surface area contributed by atoms with Crippen molar-refractivity contribution in [3.05, 3.63) is 52.5 Å². The van der Waals surface area contributed by atoms with Crippen molar-refractivity contribution < 1.29 is 14.3 Å². The number of carbonyl (C=O) groups excluding carboxylic acids is 1. The number of hydrogen-bond donors (Lipinski definition) is 1. The molecule has 1 N–H and O–H groups in total. The van der Waals surface area contributed by atoms with Crippen molar-refractivity contribution in [3.63, 3.8) is 0 Å². The first-order valence-electron chi connectivity index (χ1n) is 8.88. The Labute approximate surface area is 170 Å². The maximum absolute atomic E-state index is 12.6. The van der Waals surface area contributed by atoms with Crippen molar-refractivity contribution in [1.82, 2.24) is 4.90 Å². The fourth-order valence-corrected chi connectivity index (χ4v) is 3.14. The van der Waals surface area contributed by atoms with Gasteiger partial charge in [-0.05, 0) is 37.2 Å². The van der Waals surface area contributed by atoms with Crippen LogP contribution in [0.5, 0.6) is 11.5 Å². The minimum absolute atomic E-state index is 0.0184. The highest BCUT2D eigenvalue weighted by molar-refractivity contribution is 6.32. The zero-order valence-corrected chi connectivity index (χ0v) is 17.2. The summed E-state index contributed by atoms with van der Waals surface area (Å²) in [5, 5.41) is 12.2. The Morgan fingerprint density at radius 1 is 1.21 bits per heavy atom. The van der Waals surface area contributed by atoms with Gasteiger partial charge in [-0.1, -0.05) is 30.7 Å². The summed E-state index contributed by atoms with van der Waals surface area (Å²) >= 11 is 6.16. The lowest BCUT2D eigenvalue weighted by molar-refractivity contribution is -0.117. The highest BCUT2D eigenvalue weighted by Crippen LogP contribution is 2.36. The maximum Gasteiger partial charge on any atom is 0.238 e. The summed E-state index contributed by atoms with van der Waals surface area (Å²) in [7, 11) is 3.03. The van der Waals surface area contributed by atoms with Gasteiger partial charge < -0.3 is 14.8 Å². The Balaban J connectivity index is 2.11. The summed E-state index contributed by atoms with van der Waals surface area (Å²) in [4.78, 5) is 14.7. The normalized spacial score (nSPS) is 11.6. The van der Waals surface area contributed by atoms with Crippen molar-refractivity contribution in [2.75, 3.05) is 32.6 Å². The van der Waals surface area contributed by atoms with E-state index in [0.29, 0.717) is 34.3 Å². The van der Waals surface area contributed by atoms with E-state index >= 15 is 0 Å². The Kier molecular flexibility index (Phi) is 7.68. The molecule has 0 saturated carbocycles. The number of benzene rings is 2. The van der Waals surface area contributed by atoms with Crippen LogP contribution in [-0.2, 0) is 4.79 Å². The first-order valence-corrected chi connectivity index (χ1v) is 9.26. The molecule has 1 unspecified atom stereocenters. The fourth-order valence-electron chi connectivity index (χ4n) is 2.90. The molecule has 0 radical (unpaired) electrons. The number of hydrogen-bond acceptors (Lipinski definition) is 5. The van der Waals surface area contributed by atoms with Crippen LogP contribution in [0.1, 0.15) is 31.0 Å². The molecule has 0 bridgehead atoms. The minimum atomic E-state index is -0.179. The molecule has 1 atom stereocenters. The lowest BCUT2D eigenvalue weighted by Gasteiger charge is -2.27. The SMILES string of the molecule is CCN(CC(=O)Nc1cc(Cl)c(OC)cc1OC)C(C)c1ccc(C#N)cc1. The van der Waals surface area contributed by atoms with Gasteiger partial charge in [-0.2, -0.15) is 5.26 Å². The largest absolute Gasteiger partial charge is 0.495 e. The van der Waals surface area contributed by atoms with Crippen molar-refractivity contribution >= 4 is 23.2 Å². The molecule has 0 saturated heterocycles. The summed E-state index contributed by atoms with van der Waals surface area (Å²) < 4.78 is 10.5. The number of nitrogens with zero attached hydrogens (tertiary/aromatic N) is 2. The molecule has 1 amide bonds. The van der Waals surface area contributed by atoms with Crippen LogP contribution in [0.4, 0.5) is 5.69 Å². The zero-order chi connectivity index (χ0) is 20.7. The van der Waals surface area contributed by atoms with Gasteiger partial charge in [0, 0.05) is 12.1 Å². The molecular weight excluding hydrogens is 378 g/mol. The van der Waals surface area contributed by atoms with Crippen LogP contribution < -0.4 is 14.8 Å². The molecular formula is C21H24ClN3O3. The zero-order valence-electron chi connectivity index (χ0n) is 16.5. The summed E-state index contributed by atoms with van der Waals surface area (Å²) in [5.41, 5.74) is 2.14. The Hall–Kier alpha value is -2.75. The standard InChI is InChI=1S/C21H24ClN3O3/c1-5-25(14(2)16-8-6-15(12-23)7-9-16)13-21(26)24-18-10-17(22)19(27-3)11-20(18)28-4/h6-11,14H,5,13H2,1-4H3,(H,24,26). The molecule has 0 aliphatic rings. The first-order chi connectivity index (χ1) is 13.4. The van der Waals surface area contributed by atoms with Crippen LogP contribution in [-0.4, -0.2) is 38.1 Å². The minimum Gasteiger partial charge on any atom is -0.495 e. The molecule has 148 valence electrons. The number of nitrogens with one attached hydrogen (secondary N) is 1. The number of anilines is 1. The second-order valence-electron chi connectivity index (χ2n) is 6.21. The second-order valence-corrected chi connectivity index (χ2v) is 6.62. The highest BCUT2D eigenvalue weighted by Gasteiger charge is 2.19. The van der Waals surface area contributed by atoms with Crippen molar-refractivity contribution in [2.24, 2.45) is 0 Å². The van der Waals surface area contributed by atoms with E-state index in [1.807, 2.05) is 30.9 Å². The Morgan fingerprint density at radius 3 is 2.39 bits per heavy atom. The van der Waals surface area contributed by atoms with Crippen molar-refractivity contribution in [2.45, 2.75) is 19.9 Å². The van der Waals surface area contributed by atoms with Crippen molar-refractivity contribution in [1.29, 1.82) is 5.26 Å². The lowest BCUT2D eigenvalue weighted by Crippen LogP contribution is -2.35. The lowest BCUT2D eigenvalue weighted by atomic mass is 10.0. The van der Waals surface area contributed by atoms with Crippen LogP contribution >= 0.6 is 11.6 Å². The molecule has 7 heteroatoms. The molecule has 0 heterocycles. The smallest absolute Gasteiger partial charge is 0.238 e. The number of nitriles is 1. The number of amides is 1. The van der Waals surface area contributed by atoms with E-state index in [4.69, 9.17) is 26.3 Å². The van der Waals surface area contributed by atoms with Crippen LogP contribution in [0.2, 0.25) is 5.02 Å². The summed E-state index contributed by atoms with van der Waals surface area (Å²) in [6.45, 7) is 4.92. The quantitative estimate of drug-likeness (QED) is 0.715. The first kappa shape index (κ1) is 21.5. The Morgan fingerprint density at radius 2 is 1.86 bits per heavy atom. The van der Waals surface area contributed by atoms with Gasteiger partial charge in [0.2, 0.25) is 5.91 Å². The van der Waals surface area contributed by atoms with Gasteiger partial charge in [0.05, 0.1) is 43.1 Å². The van der Waals surface area contributed by atoms with Crippen LogP contribution in [0.15, 0.2) is 36.4 Å². The van der Waals surface area contributed by atoms with Crippen molar-refractivity contribution in [3.8, 4) is 17.6 Å². The third kappa shape index (κ3) is 5.16. The highest BCUT2D eigenvalue weighted by atomic mass is 35.5. The van der Waals surface area contributed by atoms with E-state index in [2.05, 4.69) is 11.4 Å². The fraction of sp³-hybridized carbons (Fsp3) is 0.333. The summed E-state index contributed by atoms with van der Waals surface area (Å²) in [6.07, 6.45) is 0. The molecule has 0 aromatic heterocycles. The molecule has 2 aromatic carbocycles. The van der Waals surface area contributed by atoms with E-state index < -0.39 is 0 Å². The van der Waals surface area contributed by atoms with Crippen LogP contribution in [0.3, 0.4) is 0 Å². The van der Waals surface area contributed by atoms with Gasteiger partial charge in [0.15, 0.2) is 0 Å². The van der Waals surface area contributed by atoms with E-state index in [1.165, 1.54) is 14.2 Å². The summed E-state index contributed by atoms with van der Waals surface area (Å²) in [5.74, 6) is 0.765. The number of likely N-dealkylation sites (N-methyl/N-ethyl adjacent to an activating group) is 1. The van der Waals surface area contributed by atoms with E-state index in [1.54, 1.807) is 24.3 Å². The second kappa shape index (κ2) is 9.98. The number of halogens is 1. The number of rotatable bonds is 8. The summed E-state index contributed by atoms with van der Waals surface area (Å²) in [6, 6.07) is 12.8. The van der Waals surface area contributed by atoms with Gasteiger partial charge in [-0.15, -0.1) is 0 Å². The molecule has 0 fully saturated rings. The topological polar surface area (TPSA) is 74.6 Å². The molecule has 2 aromatic rings. The number of ether oxygens (including phenoxy) is 2. The molecule has 0 aliphatic heterocycles. The van der Waals surface area contributed by atoms with Crippen LogP contribution in [0.25, 0.3) is 0 Å². The molecule has 6 nitrogen and oxygen atoms in total. The van der Waals surface area contributed by atoms with E-state index in [-0.39, 0.29) is 18.5 Å². The number of methoxy groups -OCH3 is 2. The average molecular weight is 402 g/mol. The van der Waals surface area contributed by atoms with E-state index in [9.17, 15) is 4.79 Å². The molecule has 0 aliphatic carbocycles. The van der Waals surface area contributed by atoms with Gasteiger partial charge in [0.1, 0.15) is 11.5 Å². The van der Waals surface area contributed by atoms with Gasteiger partial charge in [-0.25, -0.2) is 0 Å².